The zero-order valence-corrected chi connectivity index (χ0v) is 13.0. The van der Waals surface area contributed by atoms with Crippen molar-refractivity contribution in [3.8, 4) is 0 Å². The van der Waals surface area contributed by atoms with Crippen LogP contribution in [-0.2, 0) is 6.42 Å². The van der Waals surface area contributed by atoms with Crippen molar-refractivity contribution in [3.63, 3.8) is 0 Å². The van der Waals surface area contributed by atoms with Gasteiger partial charge in [-0.3, -0.25) is 0 Å². The summed E-state index contributed by atoms with van der Waals surface area (Å²) >= 11 is 9.24. The van der Waals surface area contributed by atoms with Crippen LogP contribution in [0.3, 0.4) is 0 Å². The summed E-state index contributed by atoms with van der Waals surface area (Å²) in [7, 11) is 0. The van der Waals surface area contributed by atoms with Gasteiger partial charge in [-0.2, -0.15) is 0 Å². The lowest BCUT2D eigenvalue weighted by atomic mass is 10.1. The number of nitrogens with one attached hydrogen (secondary N) is 2. The lowest BCUT2D eigenvalue weighted by Crippen LogP contribution is -2.30. The molecule has 0 aliphatic carbocycles. The van der Waals surface area contributed by atoms with Crippen LogP contribution in [0.2, 0.25) is 5.02 Å². The van der Waals surface area contributed by atoms with Crippen molar-refractivity contribution in [2.45, 2.75) is 6.42 Å². The van der Waals surface area contributed by atoms with E-state index < -0.39 is 0 Å². The maximum atomic E-state index is 11.7. The van der Waals surface area contributed by atoms with Crippen molar-refractivity contribution >= 4 is 39.2 Å². The van der Waals surface area contributed by atoms with Gasteiger partial charge in [0, 0.05) is 21.7 Å². The van der Waals surface area contributed by atoms with Gasteiger partial charge in [0.05, 0.1) is 0 Å². The first kappa shape index (κ1) is 14.9. The standard InChI is InChI=1S/C15H14BrClN2O/c16-12-6-4-11(5-7-12)8-9-18-15(20)19-14-3-1-2-13(17)10-14/h1-7,10H,8-9H2,(H2,18,19,20). The fourth-order valence-electron chi connectivity index (χ4n) is 1.71. The van der Waals surface area contributed by atoms with Crippen molar-refractivity contribution < 1.29 is 4.79 Å². The van der Waals surface area contributed by atoms with Crippen molar-refractivity contribution in [1.29, 1.82) is 0 Å². The number of hydrogen-bond donors (Lipinski definition) is 2. The Bertz CT molecular complexity index is 587. The SMILES string of the molecule is O=C(NCCc1ccc(Br)cc1)Nc1cccc(Cl)c1. The summed E-state index contributed by atoms with van der Waals surface area (Å²) in [5, 5.41) is 6.14. The molecular formula is C15H14BrClN2O. The van der Waals surface area contributed by atoms with E-state index in [1.54, 1.807) is 24.3 Å². The Hall–Kier alpha value is -1.52. The molecule has 2 aromatic rings. The number of carbonyl (C=O) groups is 1. The Morgan fingerprint density at radius 1 is 1.15 bits per heavy atom. The molecule has 104 valence electrons. The summed E-state index contributed by atoms with van der Waals surface area (Å²) < 4.78 is 1.05. The molecule has 0 aliphatic rings. The molecule has 0 unspecified atom stereocenters. The first-order chi connectivity index (χ1) is 9.63. The summed E-state index contributed by atoms with van der Waals surface area (Å²) in [4.78, 5) is 11.7. The van der Waals surface area contributed by atoms with Gasteiger partial charge in [-0.25, -0.2) is 4.79 Å². The molecule has 0 aliphatic heterocycles. The molecule has 0 saturated carbocycles. The van der Waals surface area contributed by atoms with E-state index in [0.29, 0.717) is 17.3 Å². The van der Waals surface area contributed by atoms with Gasteiger partial charge >= 0.3 is 6.03 Å². The number of urea groups is 1. The molecule has 0 bridgehead atoms. The zero-order valence-electron chi connectivity index (χ0n) is 10.7. The van der Waals surface area contributed by atoms with Gasteiger partial charge in [0.1, 0.15) is 0 Å². The molecule has 3 nitrogen and oxygen atoms in total. The van der Waals surface area contributed by atoms with E-state index in [9.17, 15) is 4.79 Å². The number of hydrogen-bond acceptors (Lipinski definition) is 1. The molecule has 20 heavy (non-hydrogen) atoms. The Morgan fingerprint density at radius 2 is 1.90 bits per heavy atom. The molecule has 2 rings (SSSR count). The first-order valence-electron chi connectivity index (χ1n) is 6.18. The third-order valence-electron chi connectivity index (χ3n) is 2.69. The lowest BCUT2D eigenvalue weighted by Gasteiger charge is -2.08. The molecule has 2 aromatic carbocycles. The summed E-state index contributed by atoms with van der Waals surface area (Å²) in [6.45, 7) is 0.577. The van der Waals surface area contributed by atoms with E-state index in [2.05, 4.69) is 26.6 Å². The van der Waals surface area contributed by atoms with Gasteiger partial charge in [-0.15, -0.1) is 0 Å². The highest BCUT2D eigenvalue weighted by Gasteiger charge is 2.01. The molecule has 0 fully saturated rings. The van der Waals surface area contributed by atoms with Crippen LogP contribution in [0.5, 0.6) is 0 Å². The smallest absolute Gasteiger partial charge is 0.319 e. The van der Waals surface area contributed by atoms with Gasteiger partial charge in [0.15, 0.2) is 0 Å². The van der Waals surface area contributed by atoms with Gasteiger partial charge in [0.2, 0.25) is 0 Å². The maximum Gasteiger partial charge on any atom is 0.319 e. The van der Waals surface area contributed by atoms with Gasteiger partial charge in [-0.05, 0) is 42.3 Å². The Morgan fingerprint density at radius 3 is 2.60 bits per heavy atom. The zero-order chi connectivity index (χ0) is 14.4. The highest BCUT2D eigenvalue weighted by atomic mass is 79.9. The third kappa shape index (κ3) is 4.87. The maximum absolute atomic E-state index is 11.7. The van der Waals surface area contributed by atoms with Crippen LogP contribution in [-0.4, -0.2) is 12.6 Å². The Kier molecular flexibility index (Phi) is 5.44. The van der Waals surface area contributed by atoms with Gasteiger partial charge in [-0.1, -0.05) is 45.7 Å². The van der Waals surface area contributed by atoms with Crippen molar-refractivity contribution in [2.24, 2.45) is 0 Å². The Balaban J connectivity index is 1.76. The van der Waals surface area contributed by atoms with E-state index in [1.165, 1.54) is 5.56 Å². The third-order valence-corrected chi connectivity index (χ3v) is 3.46. The molecule has 0 radical (unpaired) electrons. The minimum absolute atomic E-state index is 0.232. The molecule has 2 N–H and O–H groups in total. The highest BCUT2D eigenvalue weighted by Crippen LogP contribution is 2.14. The normalized spacial score (nSPS) is 10.1. The van der Waals surface area contributed by atoms with Crippen molar-refractivity contribution in [2.75, 3.05) is 11.9 Å². The van der Waals surface area contributed by atoms with E-state index in [1.807, 2.05) is 24.3 Å². The predicted octanol–water partition coefficient (Wildman–Crippen LogP) is 4.47. The minimum atomic E-state index is -0.232. The molecule has 0 spiro atoms. The summed E-state index contributed by atoms with van der Waals surface area (Å²) in [5.41, 5.74) is 1.86. The van der Waals surface area contributed by atoms with E-state index in [-0.39, 0.29) is 6.03 Å². The number of benzene rings is 2. The largest absolute Gasteiger partial charge is 0.338 e. The number of rotatable bonds is 4. The molecule has 0 aromatic heterocycles. The van der Waals surface area contributed by atoms with Crippen molar-refractivity contribution in [3.05, 3.63) is 63.6 Å². The van der Waals surface area contributed by atoms with Gasteiger partial charge in [0.25, 0.3) is 0 Å². The quantitative estimate of drug-likeness (QED) is 0.837. The average Bonchev–Trinajstić information content (AvgIpc) is 2.41. The molecule has 5 heteroatoms. The Labute approximate surface area is 131 Å². The monoisotopic (exact) mass is 352 g/mol. The van der Waals surface area contributed by atoms with E-state index in [0.717, 1.165) is 10.9 Å². The number of amides is 2. The van der Waals surface area contributed by atoms with Crippen LogP contribution < -0.4 is 10.6 Å². The van der Waals surface area contributed by atoms with Gasteiger partial charge < -0.3 is 10.6 Å². The van der Waals surface area contributed by atoms with Crippen molar-refractivity contribution in [1.82, 2.24) is 5.32 Å². The van der Waals surface area contributed by atoms with Crippen LogP contribution >= 0.6 is 27.5 Å². The highest BCUT2D eigenvalue weighted by molar-refractivity contribution is 9.10. The topological polar surface area (TPSA) is 41.1 Å². The van der Waals surface area contributed by atoms with Crippen LogP contribution in [0.4, 0.5) is 10.5 Å². The van der Waals surface area contributed by atoms with Crippen LogP contribution in [0, 0.1) is 0 Å². The molecular weight excluding hydrogens is 340 g/mol. The second kappa shape index (κ2) is 7.31. The number of anilines is 1. The van der Waals surface area contributed by atoms with E-state index >= 15 is 0 Å². The van der Waals surface area contributed by atoms with Crippen LogP contribution in [0.1, 0.15) is 5.56 Å². The van der Waals surface area contributed by atoms with Crippen LogP contribution in [0.15, 0.2) is 53.0 Å². The molecule has 0 saturated heterocycles. The minimum Gasteiger partial charge on any atom is -0.338 e. The summed E-state index contributed by atoms with van der Waals surface area (Å²) in [6, 6.07) is 14.8. The number of carbonyl (C=O) groups excluding carboxylic acids is 1. The lowest BCUT2D eigenvalue weighted by molar-refractivity contribution is 0.252. The fourth-order valence-corrected chi connectivity index (χ4v) is 2.17. The number of halogens is 2. The van der Waals surface area contributed by atoms with E-state index in [4.69, 9.17) is 11.6 Å². The molecule has 2 amide bonds. The predicted molar refractivity (Wildman–Crippen MR) is 86.3 cm³/mol. The fraction of sp³-hybridized carbons (Fsp3) is 0.133. The summed E-state index contributed by atoms with van der Waals surface area (Å²) in [5.74, 6) is 0. The molecule has 0 atom stereocenters. The molecule has 0 heterocycles. The summed E-state index contributed by atoms with van der Waals surface area (Å²) in [6.07, 6.45) is 0.788. The first-order valence-corrected chi connectivity index (χ1v) is 7.35. The second-order valence-electron chi connectivity index (χ2n) is 4.27. The average molecular weight is 354 g/mol. The van der Waals surface area contributed by atoms with Crippen LogP contribution in [0.25, 0.3) is 0 Å². The second-order valence-corrected chi connectivity index (χ2v) is 5.62.